The second-order valence-corrected chi connectivity index (χ2v) is 5.03. The third-order valence-electron chi connectivity index (χ3n) is 1.40. The van der Waals surface area contributed by atoms with Crippen molar-refractivity contribution in [1.29, 1.82) is 0 Å². The van der Waals surface area contributed by atoms with E-state index in [1.165, 1.54) is 6.07 Å². The highest BCUT2D eigenvalue weighted by Gasteiger charge is 2.25. The van der Waals surface area contributed by atoms with Gasteiger partial charge in [0.1, 0.15) is 0 Å². The Labute approximate surface area is 93.4 Å². The normalized spacial score (nSPS) is 13.8. The predicted molar refractivity (Wildman–Crippen MR) is 48.8 cm³/mol. The average molecular weight is 276 g/mol. The molecule has 1 rings (SSSR count). The summed E-state index contributed by atoms with van der Waals surface area (Å²) < 4.78 is 62.1. The Morgan fingerprint density at radius 2 is 2.00 bits per heavy atom. The largest absolute Gasteiger partial charge is 0.451 e. The number of hydrogen-bond donors (Lipinski definition) is 0. The van der Waals surface area contributed by atoms with Crippen LogP contribution >= 0.6 is 10.7 Å². The molecule has 4 nitrogen and oxygen atoms in total. The molecule has 1 heterocycles. The summed E-state index contributed by atoms with van der Waals surface area (Å²) in [5.74, 6) is -0.662. The van der Waals surface area contributed by atoms with E-state index >= 15 is 0 Å². The molecule has 1 aromatic rings. The first-order valence-corrected chi connectivity index (χ1v) is 6.12. The van der Waals surface area contributed by atoms with Gasteiger partial charge in [0.25, 0.3) is 15.4 Å². The van der Waals surface area contributed by atoms with Gasteiger partial charge in [-0.25, -0.2) is 22.2 Å². The molecule has 0 N–H and O–H groups in total. The van der Waals surface area contributed by atoms with Crippen molar-refractivity contribution in [2.75, 3.05) is 0 Å². The van der Waals surface area contributed by atoms with Gasteiger partial charge in [-0.1, -0.05) is 0 Å². The molecule has 0 aromatic carbocycles. The van der Waals surface area contributed by atoms with Crippen LogP contribution in [-0.4, -0.2) is 26.2 Å². The average Bonchev–Trinajstić information content (AvgIpc) is 2.16. The molecule has 0 bridgehead atoms. The van der Waals surface area contributed by atoms with Gasteiger partial charge in [0, 0.05) is 16.9 Å². The smallest absolute Gasteiger partial charge is 0.304 e. The van der Waals surface area contributed by atoms with Gasteiger partial charge >= 0.3 is 6.43 Å². The number of halogens is 4. The van der Waals surface area contributed by atoms with E-state index in [9.17, 15) is 21.6 Å². The lowest BCUT2D eigenvalue weighted by Crippen LogP contribution is -2.20. The van der Waals surface area contributed by atoms with Gasteiger partial charge in [0.2, 0.25) is 5.03 Å². The van der Waals surface area contributed by atoms with E-state index in [-0.39, 0.29) is 0 Å². The molecule has 1 unspecified atom stereocenters. The van der Waals surface area contributed by atoms with Gasteiger partial charge in [-0.05, 0) is 12.1 Å². The maximum absolute atomic E-state index is 12.5. The second kappa shape index (κ2) is 4.88. The molecule has 0 aliphatic heterocycles. The maximum atomic E-state index is 12.5. The van der Waals surface area contributed by atoms with E-state index < -0.39 is 32.6 Å². The molecule has 1 atom stereocenters. The number of aromatic nitrogens is 1. The quantitative estimate of drug-likeness (QED) is 0.788. The third-order valence-corrected chi connectivity index (χ3v) is 2.61. The minimum absolute atomic E-state index is 0.662. The Morgan fingerprint density at radius 1 is 1.38 bits per heavy atom. The first-order chi connectivity index (χ1) is 7.32. The maximum Gasteiger partial charge on any atom is 0.304 e. The molecule has 0 spiro atoms. The summed E-state index contributed by atoms with van der Waals surface area (Å²) >= 11 is 0. The summed E-state index contributed by atoms with van der Waals surface area (Å²) in [4.78, 5) is 3.31. The van der Waals surface area contributed by atoms with E-state index in [1.807, 2.05) is 0 Å². The summed E-state index contributed by atoms with van der Waals surface area (Å²) in [5, 5.41) is -0.806. The topological polar surface area (TPSA) is 56.3 Å². The molecule has 1 aromatic heterocycles. The summed E-state index contributed by atoms with van der Waals surface area (Å²) in [7, 11) is 0.666. The van der Waals surface area contributed by atoms with Crippen LogP contribution < -0.4 is 4.74 Å². The van der Waals surface area contributed by atoms with Crippen molar-refractivity contribution in [3.63, 3.8) is 0 Å². The molecule has 16 heavy (non-hydrogen) atoms. The van der Waals surface area contributed by atoms with Crippen LogP contribution in [0.3, 0.4) is 0 Å². The molecular formula is C7H5ClF3NO3S. The molecule has 90 valence electrons. The van der Waals surface area contributed by atoms with Gasteiger partial charge in [-0.2, -0.15) is 4.39 Å². The van der Waals surface area contributed by atoms with Crippen LogP contribution in [0.4, 0.5) is 13.2 Å². The molecule has 0 saturated heterocycles. The molecule has 0 aliphatic rings. The summed E-state index contributed by atoms with van der Waals surface area (Å²) in [6, 6.07) is 2.16. The number of hydrogen-bond acceptors (Lipinski definition) is 4. The number of rotatable bonds is 4. The SMILES string of the molecule is O=S(=O)(Cl)c1ncccc1OC(F)C(F)F. The van der Waals surface area contributed by atoms with Gasteiger partial charge in [-0.3, -0.25) is 0 Å². The first-order valence-electron chi connectivity index (χ1n) is 3.81. The Balaban J connectivity index is 3.06. The molecule has 0 fully saturated rings. The number of nitrogens with zero attached hydrogens (tertiary/aromatic N) is 1. The van der Waals surface area contributed by atoms with Crippen molar-refractivity contribution in [2.24, 2.45) is 0 Å². The van der Waals surface area contributed by atoms with Crippen molar-refractivity contribution in [1.82, 2.24) is 4.98 Å². The third kappa shape index (κ3) is 3.24. The van der Waals surface area contributed by atoms with E-state index in [2.05, 4.69) is 9.72 Å². The Kier molecular flexibility index (Phi) is 3.98. The minimum Gasteiger partial charge on any atom is -0.451 e. The first kappa shape index (κ1) is 13.0. The molecule has 0 aliphatic carbocycles. The predicted octanol–water partition coefficient (Wildman–Crippen LogP) is 1.95. The fourth-order valence-electron chi connectivity index (χ4n) is 0.822. The summed E-state index contributed by atoms with van der Waals surface area (Å²) in [6.45, 7) is 0. The zero-order chi connectivity index (χ0) is 12.3. The van der Waals surface area contributed by atoms with Gasteiger partial charge in [-0.15, -0.1) is 0 Å². The van der Waals surface area contributed by atoms with Crippen LogP contribution in [0.25, 0.3) is 0 Å². The van der Waals surface area contributed by atoms with Crippen LogP contribution in [0, 0.1) is 0 Å². The second-order valence-electron chi connectivity index (χ2n) is 2.55. The lowest BCUT2D eigenvalue weighted by molar-refractivity contribution is -0.0685. The molecule has 0 saturated carbocycles. The Hall–Kier alpha value is -1.02. The standard InChI is InChI=1S/C7H5ClF3NO3S/c8-16(13,14)7-4(2-1-3-12-7)15-6(11)5(9)10/h1-3,5-6H. The molecule has 9 heteroatoms. The zero-order valence-corrected chi connectivity index (χ0v) is 9.05. The Morgan fingerprint density at radius 3 is 2.50 bits per heavy atom. The number of alkyl halides is 3. The monoisotopic (exact) mass is 275 g/mol. The van der Waals surface area contributed by atoms with Crippen molar-refractivity contribution < 1.29 is 26.3 Å². The highest BCUT2D eigenvalue weighted by molar-refractivity contribution is 8.13. The van der Waals surface area contributed by atoms with Crippen molar-refractivity contribution in [3.8, 4) is 5.75 Å². The molecule has 0 amide bonds. The fraction of sp³-hybridized carbons (Fsp3) is 0.286. The van der Waals surface area contributed by atoms with Crippen molar-refractivity contribution >= 4 is 19.7 Å². The minimum atomic E-state index is -4.28. The van der Waals surface area contributed by atoms with Crippen molar-refractivity contribution in [3.05, 3.63) is 18.3 Å². The summed E-state index contributed by atoms with van der Waals surface area (Å²) in [6.07, 6.45) is -5.29. The van der Waals surface area contributed by atoms with Crippen LogP contribution in [0.1, 0.15) is 0 Å². The highest BCUT2D eigenvalue weighted by Crippen LogP contribution is 2.26. The number of pyridine rings is 1. The summed E-state index contributed by atoms with van der Waals surface area (Å²) in [5.41, 5.74) is 0. The van der Waals surface area contributed by atoms with Gasteiger partial charge < -0.3 is 4.74 Å². The lowest BCUT2D eigenvalue weighted by Gasteiger charge is -2.11. The van der Waals surface area contributed by atoms with E-state index in [0.717, 1.165) is 12.3 Å². The van der Waals surface area contributed by atoms with E-state index in [1.54, 1.807) is 0 Å². The van der Waals surface area contributed by atoms with Gasteiger partial charge in [0.05, 0.1) is 0 Å². The van der Waals surface area contributed by atoms with Crippen LogP contribution in [0.15, 0.2) is 23.4 Å². The van der Waals surface area contributed by atoms with Crippen LogP contribution in [0.2, 0.25) is 0 Å². The molecule has 0 radical (unpaired) electrons. The van der Waals surface area contributed by atoms with E-state index in [0.29, 0.717) is 0 Å². The van der Waals surface area contributed by atoms with Gasteiger partial charge in [0.15, 0.2) is 5.75 Å². The molecular weight excluding hydrogens is 271 g/mol. The fourth-order valence-corrected chi connectivity index (χ4v) is 1.71. The van der Waals surface area contributed by atoms with E-state index in [4.69, 9.17) is 10.7 Å². The van der Waals surface area contributed by atoms with Crippen LogP contribution in [0.5, 0.6) is 5.75 Å². The lowest BCUT2D eigenvalue weighted by atomic mass is 10.4. The Bertz CT molecular complexity index is 468. The highest BCUT2D eigenvalue weighted by atomic mass is 35.7. The van der Waals surface area contributed by atoms with Crippen molar-refractivity contribution in [2.45, 2.75) is 17.8 Å². The number of ether oxygens (including phenoxy) is 1. The van der Waals surface area contributed by atoms with Crippen LogP contribution in [-0.2, 0) is 9.05 Å². The zero-order valence-electron chi connectivity index (χ0n) is 7.48.